The number of benzene rings is 1. The summed E-state index contributed by atoms with van der Waals surface area (Å²) in [5, 5.41) is 11.5. The van der Waals surface area contributed by atoms with Gasteiger partial charge in [0.2, 0.25) is 0 Å². The van der Waals surface area contributed by atoms with E-state index >= 15 is 0 Å². The van der Waals surface area contributed by atoms with Crippen molar-refractivity contribution in [2.75, 3.05) is 7.11 Å². The molecule has 0 heterocycles. The number of methoxy groups -OCH3 is 1. The predicted octanol–water partition coefficient (Wildman–Crippen LogP) is 1.89. The molecule has 1 rings (SSSR count). The molecule has 2 N–H and O–H groups in total. The number of ether oxygens (including phenoxy) is 1. The number of carbonyl (C=O) groups is 3. The number of carboxylic acid groups (broad SMARTS) is 1. The van der Waals surface area contributed by atoms with Gasteiger partial charge < -0.3 is 15.2 Å². The van der Waals surface area contributed by atoms with Crippen molar-refractivity contribution < 1.29 is 24.2 Å². The Balaban J connectivity index is 2.79. The largest absolute Gasteiger partial charge is 0.480 e. The highest BCUT2D eigenvalue weighted by atomic mass is 79.9. The molecule has 114 valence electrons. The number of aryl methyl sites for hydroxylation is 1. The number of halogens is 1. The van der Waals surface area contributed by atoms with E-state index in [4.69, 9.17) is 5.11 Å². The van der Waals surface area contributed by atoms with E-state index in [1.54, 1.807) is 12.1 Å². The van der Waals surface area contributed by atoms with Crippen LogP contribution in [0.2, 0.25) is 0 Å². The van der Waals surface area contributed by atoms with Gasteiger partial charge in [-0.3, -0.25) is 9.59 Å². The van der Waals surface area contributed by atoms with Gasteiger partial charge in [-0.25, -0.2) is 4.79 Å². The van der Waals surface area contributed by atoms with Crippen molar-refractivity contribution >= 4 is 33.8 Å². The normalized spacial score (nSPS) is 11.6. The van der Waals surface area contributed by atoms with Crippen LogP contribution >= 0.6 is 15.9 Å². The number of hydrogen-bond acceptors (Lipinski definition) is 4. The zero-order valence-corrected chi connectivity index (χ0v) is 13.3. The van der Waals surface area contributed by atoms with Crippen LogP contribution in [-0.4, -0.2) is 36.1 Å². The van der Waals surface area contributed by atoms with Crippen molar-refractivity contribution in [3.05, 3.63) is 33.8 Å². The minimum atomic E-state index is -1.20. The van der Waals surface area contributed by atoms with Gasteiger partial charge in [-0.2, -0.15) is 0 Å². The second-order valence-electron chi connectivity index (χ2n) is 4.46. The van der Waals surface area contributed by atoms with Crippen molar-refractivity contribution in [2.24, 2.45) is 0 Å². The number of nitrogens with one attached hydrogen (secondary N) is 1. The molecule has 1 amide bonds. The molecule has 0 saturated carbocycles. The van der Waals surface area contributed by atoms with E-state index in [2.05, 4.69) is 26.0 Å². The minimum Gasteiger partial charge on any atom is -0.480 e. The van der Waals surface area contributed by atoms with Gasteiger partial charge in [-0.15, -0.1) is 0 Å². The molecular formula is C14H16BrNO5. The third-order valence-corrected chi connectivity index (χ3v) is 3.53. The lowest BCUT2D eigenvalue weighted by molar-refractivity contribution is -0.142. The van der Waals surface area contributed by atoms with Gasteiger partial charge in [0, 0.05) is 10.9 Å². The average molecular weight is 358 g/mol. The Morgan fingerprint density at radius 2 is 2.05 bits per heavy atom. The Hall–Kier alpha value is -1.89. The maximum Gasteiger partial charge on any atom is 0.326 e. The summed E-state index contributed by atoms with van der Waals surface area (Å²) in [5.74, 6) is -2.23. The van der Waals surface area contributed by atoms with Crippen molar-refractivity contribution in [3.8, 4) is 0 Å². The number of carboxylic acids is 1. The molecule has 1 atom stereocenters. The van der Waals surface area contributed by atoms with Gasteiger partial charge >= 0.3 is 11.9 Å². The molecule has 0 saturated heterocycles. The van der Waals surface area contributed by atoms with Crippen LogP contribution in [0.4, 0.5) is 0 Å². The molecule has 21 heavy (non-hydrogen) atoms. The number of carbonyl (C=O) groups excluding carboxylic acids is 2. The minimum absolute atomic E-state index is 0.0306. The molecule has 0 unspecified atom stereocenters. The SMILES string of the molecule is COC(=O)CC[C@H](NC(=O)c1cc(C)ccc1Br)C(=O)O. The Morgan fingerprint density at radius 1 is 1.38 bits per heavy atom. The zero-order valence-electron chi connectivity index (χ0n) is 11.7. The summed E-state index contributed by atoms with van der Waals surface area (Å²) in [6.07, 6.45) is -0.111. The summed E-state index contributed by atoms with van der Waals surface area (Å²) < 4.78 is 5.02. The van der Waals surface area contributed by atoms with Gasteiger partial charge in [0.25, 0.3) is 5.91 Å². The molecular weight excluding hydrogens is 342 g/mol. The molecule has 0 aliphatic carbocycles. The molecule has 0 spiro atoms. The first-order chi connectivity index (χ1) is 9.85. The molecule has 0 bridgehead atoms. The van der Waals surface area contributed by atoms with Crippen LogP contribution in [0.1, 0.15) is 28.8 Å². The third-order valence-electron chi connectivity index (χ3n) is 2.83. The Labute approximate surface area is 130 Å². The van der Waals surface area contributed by atoms with Crippen molar-refractivity contribution in [1.29, 1.82) is 0 Å². The van der Waals surface area contributed by atoms with Crippen LogP contribution < -0.4 is 5.32 Å². The van der Waals surface area contributed by atoms with E-state index in [0.29, 0.717) is 10.0 Å². The Morgan fingerprint density at radius 3 is 2.62 bits per heavy atom. The molecule has 0 fully saturated rings. The number of rotatable bonds is 6. The molecule has 0 aliphatic heterocycles. The van der Waals surface area contributed by atoms with Crippen molar-refractivity contribution in [3.63, 3.8) is 0 Å². The second-order valence-corrected chi connectivity index (χ2v) is 5.32. The van der Waals surface area contributed by atoms with Crippen LogP contribution in [0.3, 0.4) is 0 Å². The quantitative estimate of drug-likeness (QED) is 0.758. The topological polar surface area (TPSA) is 92.7 Å². The fourth-order valence-corrected chi connectivity index (χ4v) is 2.10. The van der Waals surface area contributed by atoms with Crippen LogP contribution in [0.15, 0.2) is 22.7 Å². The highest BCUT2D eigenvalue weighted by Crippen LogP contribution is 2.18. The lowest BCUT2D eigenvalue weighted by atomic mass is 10.1. The lowest BCUT2D eigenvalue weighted by Crippen LogP contribution is -2.41. The Kier molecular flexibility index (Phi) is 6.36. The van der Waals surface area contributed by atoms with E-state index in [1.165, 1.54) is 7.11 Å². The molecule has 6 nitrogen and oxygen atoms in total. The van der Waals surface area contributed by atoms with Crippen LogP contribution in [-0.2, 0) is 14.3 Å². The molecule has 7 heteroatoms. The standard InChI is InChI=1S/C14H16BrNO5/c1-8-3-4-10(15)9(7-8)13(18)16-11(14(19)20)5-6-12(17)21-2/h3-4,7,11H,5-6H2,1-2H3,(H,16,18)(H,19,20)/t11-/m0/s1. The molecule has 1 aromatic rings. The smallest absolute Gasteiger partial charge is 0.326 e. The van der Waals surface area contributed by atoms with E-state index in [0.717, 1.165) is 5.56 Å². The summed E-state index contributed by atoms with van der Waals surface area (Å²) in [7, 11) is 1.22. The van der Waals surface area contributed by atoms with Gasteiger partial charge in [-0.1, -0.05) is 11.6 Å². The number of esters is 1. The highest BCUT2D eigenvalue weighted by molar-refractivity contribution is 9.10. The monoisotopic (exact) mass is 357 g/mol. The fourth-order valence-electron chi connectivity index (χ4n) is 1.67. The van der Waals surface area contributed by atoms with Crippen molar-refractivity contribution in [2.45, 2.75) is 25.8 Å². The van der Waals surface area contributed by atoms with E-state index in [1.807, 2.05) is 13.0 Å². The number of aliphatic carboxylic acids is 1. The van der Waals surface area contributed by atoms with E-state index in [-0.39, 0.29) is 12.8 Å². The first-order valence-electron chi connectivity index (χ1n) is 6.21. The number of amides is 1. The second kappa shape index (κ2) is 7.78. The van der Waals surface area contributed by atoms with E-state index in [9.17, 15) is 14.4 Å². The fraction of sp³-hybridized carbons (Fsp3) is 0.357. The first-order valence-corrected chi connectivity index (χ1v) is 7.01. The van der Waals surface area contributed by atoms with Crippen LogP contribution in [0, 0.1) is 6.92 Å². The summed E-state index contributed by atoms with van der Waals surface area (Å²) in [5.41, 5.74) is 1.23. The van der Waals surface area contributed by atoms with E-state index < -0.39 is 23.9 Å². The van der Waals surface area contributed by atoms with Gasteiger partial charge in [0.05, 0.1) is 12.7 Å². The van der Waals surface area contributed by atoms with Crippen LogP contribution in [0.25, 0.3) is 0 Å². The first kappa shape index (κ1) is 17.2. The predicted molar refractivity (Wildman–Crippen MR) is 79.0 cm³/mol. The van der Waals surface area contributed by atoms with Crippen molar-refractivity contribution in [1.82, 2.24) is 5.32 Å². The summed E-state index contributed by atoms with van der Waals surface area (Å²) in [4.78, 5) is 34.3. The van der Waals surface area contributed by atoms with Gasteiger partial charge in [0.1, 0.15) is 6.04 Å². The van der Waals surface area contributed by atoms with Gasteiger partial charge in [0.15, 0.2) is 0 Å². The third kappa shape index (κ3) is 5.18. The summed E-state index contributed by atoms with van der Waals surface area (Å²) in [6.45, 7) is 1.83. The van der Waals surface area contributed by atoms with Crippen LogP contribution in [0.5, 0.6) is 0 Å². The molecule has 0 aromatic heterocycles. The Bertz CT molecular complexity index is 558. The highest BCUT2D eigenvalue weighted by Gasteiger charge is 2.22. The molecule has 0 aliphatic rings. The lowest BCUT2D eigenvalue weighted by Gasteiger charge is -2.15. The summed E-state index contributed by atoms with van der Waals surface area (Å²) in [6, 6.07) is 4.05. The maximum absolute atomic E-state index is 12.1. The van der Waals surface area contributed by atoms with Gasteiger partial charge in [-0.05, 0) is 41.4 Å². The molecule has 0 radical (unpaired) electrons. The average Bonchev–Trinajstić information content (AvgIpc) is 2.44. The number of hydrogen-bond donors (Lipinski definition) is 2. The zero-order chi connectivity index (χ0) is 16.0. The summed E-state index contributed by atoms with van der Waals surface area (Å²) >= 11 is 3.25. The maximum atomic E-state index is 12.1. The molecule has 1 aromatic carbocycles.